The molecule has 1 amide bonds. The number of methoxy groups -OCH3 is 1. The number of piperidine rings is 1. The van der Waals surface area contributed by atoms with Gasteiger partial charge in [-0.15, -0.1) is 0 Å². The summed E-state index contributed by atoms with van der Waals surface area (Å²) >= 11 is 0. The molecule has 2 aliphatic rings. The summed E-state index contributed by atoms with van der Waals surface area (Å²) in [6.07, 6.45) is 3.77. The van der Waals surface area contributed by atoms with Crippen LogP contribution in [0.15, 0.2) is 48.5 Å². The summed E-state index contributed by atoms with van der Waals surface area (Å²) in [7, 11) is 1.40. The van der Waals surface area contributed by atoms with E-state index in [-0.39, 0.29) is 18.5 Å². The summed E-state index contributed by atoms with van der Waals surface area (Å²) in [6, 6.07) is 15.3. The number of likely N-dealkylation sites (tertiary alicyclic amines) is 1. The quantitative estimate of drug-likeness (QED) is 0.765. The van der Waals surface area contributed by atoms with Crippen LogP contribution in [0, 0.1) is 0 Å². The van der Waals surface area contributed by atoms with Crippen LogP contribution in [-0.2, 0) is 21.4 Å². The van der Waals surface area contributed by atoms with E-state index in [9.17, 15) is 9.59 Å². The first-order valence-electron chi connectivity index (χ1n) is 9.83. The number of benzene rings is 2. The topological polar surface area (TPSA) is 55.8 Å². The second-order valence-electron chi connectivity index (χ2n) is 7.59. The molecule has 0 spiro atoms. The predicted molar refractivity (Wildman–Crippen MR) is 106 cm³/mol. The molecule has 2 aromatic carbocycles. The van der Waals surface area contributed by atoms with Gasteiger partial charge in [0.05, 0.1) is 7.11 Å². The number of hydrogen-bond acceptors (Lipinski definition) is 4. The number of nitrogens with zero attached hydrogens (tertiary/aromatic N) is 1. The highest BCUT2D eigenvalue weighted by molar-refractivity contribution is 5.95. The van der Waals surface area contributed by atoms with Gasteiger partial charge in [-0.1, -0.05) is 36.4 Å². The van der Waals surface area contributed by atoms with E-state index in [0.717, 1.165) is 37.1 Å². The Hall–Kier alpha value is -2.82. The van der Waals surface area contributed by atoms with Gasteiger partial charge in [0.2, 0.25) is 0 Å². The van der Waals surface area contributed by atoms with Crippen molar-refractivity contribution in [3.05, 3.63) is 65.2 Å². The maximum Gasteiger partial charge on any atom is 0.320 e. The molecule has 0 aliphatic carbocycles. The maximum atomic E-state index is 12.8. The van der Waals surface area contributed by atoms with E-state index in [2.05, 4.69) is 0 Å². The van der Waals surface area contributed by atoms with E-state index in [4.69, 9.17) is 9.47 Å². The molecule has 1 saturated heterocycles. The van der Waals surface area contributed by atoms with Gasteiger partial charge in [-0.3, -0.25) is 9.59 Å². The monoisotopic (exact) mass is 379 g/mol. The third kappa shape index (κ3) is 3.26. The molecule has 1 fully saturated rings. The molecule has 0 aromatic heterocycles. The lowest BCUT2D eigenvalue weighted by Gasteiger charge is -2.27. The van der Waals surface area contributed by atoms with Crippen LogP contribution in [0.4, 0.5) is 0 Å². The van der Waals surface area contributed by atoms with Crippen molar-refractivity contribution in [3.63, 3.8) is 0 Å². The normalized spacial score (nSPS) is 21.0. The zero-order valence-corrected chi connectivity index (χ0v) is 16.1. The Morgan fingerprint density at radius 2 is 1.82 bits per heavy atom. The van der Waals surface area contributed by atoms with E-state index in [1.54, 1.807) is 6.07 Å². The zero-order chi connectivity index (χ0) is 19.6. The van der Waals surface area contributed by atoms with Gasteiger partial charge in [0.15, 0.2) is 0 Å². The molecule has 0 N–H and O–H groups in total. The van der Waals surface area contributed by atoms with Gasteiger partial charge in [0.1, 0.15) is 17.8 Å². The number of carbonyl (C=O) groups excluding carboxylic acids is 2. The van der Waals surface area contributed by atoms with Gasteiger partial charge in [-0.05, 0) is 43.4 Å². The van der Waals surface area contributed by atoms with Gasteiger partial charge in [0, 0.05) is 24.2 Å². The molecule has 1 unspecified atom stereocenters. The van der Waals surface area contributed by atoms with Crippen molar-refractivity contribution in [1.29, 1.82) is 0 Å². The smallest absolute Gasteiger partial charge is 0.320 e. The summed E-state index contributed by atoms with van der Waals surface area (Å²) in [5, 5.41) is 0. The number of hydrogen-bond donors (Lipinski definition) is 0. The van der Waals surface area contributed by atoms with Gasteiger partial charge in [0.25, 0.3) is 5.91 Å². The third-order valence-electron chi connectivity index (χ3n) is 5.79. The van der Waals surface area contributed by atoms with Gasteiger partial charge < -0.3 is 14.4 Å². The Morgan fingerprint density at radius 3 is 2.54 bits per heavy atom. The molecule has 5 heteroatoms. The second-order valence-corrected chi connectivity index (χ2v) is 7.59. The summed E-state index contributed by atoms with van der Waals surface area (Å²) in [5.74, 6) is 0.319. The van der Waals surface area contributed by atoms with E-state index < -0.39 is 5.41 Å². The van der Waals surface area contributed by atoms with Crippen molar-refractivity contribution < 1.29 is 19.1 Å². The zero-order valence-electron chi connectivity index (χ0n) is 16.1. The lowest BCUT2D eigenvalue weighted by Crippen LogP contribution is -2.40. The standard InChI is InChI=1S/C23H25NO4/c1-27-22(26)23(15-17-8-4-2-5-9-17)16-28-20-14-18(10-11-19(20)23)21(25)24-12-6-3-7-13-24/h2,4-5,8-11,14H,3,6-7,12-13,15-16H2,1H3. The molecular formula is C23H25NO4. The number of rotatable bonds is 4. The third-order valence-corrected chi connectivity index (χ3v) is 5.79. The average molecular weight is 379 g/mol. The van der Waals surface area contributed by atoms with Crippen LogP contribution in [-0.4, -0.2) is 43.6 Å². The summed E-state index contributed by atoms with van der Waals surface area (Å²) in [5.41, 5.74) is 1.55. The first kappa shape index (κ1) is 18.5. The largest absolute Gasteiger partial charge is 0.492 e. The molecule has 2 aliphatic heterocycles. The Bertz CT molecular complexity index is 873. The van der Waals surface area contributed by atoms with E-state index >= 15 is 0 Å². The van der Waals surface area contributed by atoms with Gasteiger partial charge >= 0.3 is 5.97 Å². The van der Waals surface area contributed by atoms with Crippen LogP contribution >= 0.6 is 0 Å². The van der Waals surface area contributed by atoms with Gasteiger partial charge in [-0.2, -0.15) is 0 Å². The van der Waals surface area contributed by atoms with Gasteiger partial charge in [-0.25, -0.2) is 0 Å². The SMILES string of the molecule is COC(=O)C1(Cc2ccccc2)COc2cc(C(=O)N3CCCCC3)ccc21. The highest BCUT2D eigenvalue weighted by Gasteiger charge is 2.48. The average Bonchev–Trinajstić information content (AvgIpc) is 3.12. The summed E-state index contributed by atoms with van der Waals surface area (Å²) in [6.45, 7) is 1.82. The Kier molecular flexibility index (Phi) is 5.07. The molecule has 0 radical (unpaired) electrons. The maximum absolute atomic E-state index is 12.8. The first-order valence-corrected chi connectivity index (χ1v) is 9.83. The lowest BCUT2D eigenvalue weighted by atomic mass is 9.77. The molecule has 28 heavy (non-hydrogen) atoms. The molecular weight excluding hydrogens is 354 g/mol. The minimum absolute atomic E-state index is 0.0322. The van der Waals surface area contributed by atoms with E-state index in [1.807, 2.05) is 47.4 Å². The van der Waals surface area contributed by atoms with Crippen molar-refractivity contribution in [1.82, 2.24) is 4.90 Å². The Morgan fingerprint density at radius 1 is 1.07 bits per heavy atom. The second kappa shape index (κ2) is 7.66. The fourth-order valence-electron chi connectivity index (χ4n) is 4.26. The lowest BCUT2D eigenvalue weighted by molar-refractivity contribution is -0.148. The number of carbonyl (C=O) groups is 2. The van der Waals surface area contributed by atoms with Crippen LogP contribution in [0.1, 0.15) is 40.7 Å². The fourth-order valence-corrected chi connectivity index (χ4v) is 4.26. The minimum Gasteiger partial charge on any atom is -0.492 e. The van der Waals surface area contributed by atoms with Crippen LogP contribution in [0.3, 0.4) is 0 Å². The number of ether oxygens (including phenoxy) is 2. The first-order chi connectivity index (χ1) is 13.6. The molecule has 1 atom stereocenters. The van der Waals surface area contributed by atoms with E-state index in [1.165, 1.54) is 13.5 Å². The highest BCUT2D eigenvalue weighted by atomic mass is 16.5. The Balaban J connectivity index is 1.66. The van der Waals surface area contributed by atoms with Crippen LogP contribution in [0.25, 0.3) is 0 Å². The summed E-state index contributed by atoms with van der Waals surface area (Å²) < 4.78 is 11.1. The van der Waals surface area contributed by atoms with Crippen molar-refractivity contribution in [2.75, 3.05) is 26.8 Å². The molecule has 0 saturated carbocycles. The molecule has 4 rings (SSSR count). The van der Waals surface area contributed by atoms with Crippen LogP contribution < -0.4 is 4.74 Å². The molecule has 0 bridgehead atoms. The molecule has 2 heterocycles. The molecule has 2 aromatic rings. The number of amides is 1. The highest BCUT2D eigenvalue weighted by Crippen LogP contribution is 2.42. The fraction of sp³-hybridized carbons (Fsp3) is 0.391. The van der Waals surface area contributed by atoms with Crippen molar-refractivity contribution in [3.8, 4) is 5.75 Å². The number of fused-ring (bicyclic) bond motifs is 1. The van der Waals surface area contributed by atoms with Crippen molar-refractivity contribution in [2.45, 2.75) is 31.1 Å². The predicted octanol–water partition coefficient (Wildman–Crippen LogP) is 3.36. The van der Waals surface area contributed by atoms with Crippen LogP contribution in [0.5, 0.6) is 5.75 Å². The van der Waals surface area contributed by atoms with E-state index in [0.29, 0.717) is 17.7 Å². The number of esters is 1. The van der Waals surface area contributed by atoms with Crippen molar-refractivity contribution in [2.24, 2.45) is 0 Å². The molecule has 146 valence electrons. The minimum atomic E-state index is -0.891. The van der Waals surface area contributed by atoms with Crippen molar-refractivity contribution >= 4 is 11.9 Å². The molecule has 5 nitrogen and oxygen atoms in total. The Labute approximate surface area is 165 Å². The van der Waals surface area contributed by atoms with Crippen LogP contribution in [0.2, 0.25) is 0 Å². The summed E-state index contributed by atoms with van der Waals surface area (Å²) in [4.78, 5) is 27.5.